The molecule has 1 aliphatic rings. The minimum Gasteiger partial charge on any atom is -0.368 e. The van der Waals surface area contributed by atoms with Crippen molar-refractivity contribution in [3.63, 3.8) is 0 Å². The van der Waals surface area contributed by atoms with Gasteiger partial charge in [-0.25, -0.2) is 4.98 Å². The summed E-state index contributed by atoms with van der Waals surface area (Å²) in [4.78, 5) is 24.3. The van der Waals surface area contributed by atoms with Crippen molar-refractivity contribution in [1.29, 1.82) is 0 Å². The van der Waals surface area contributed by atoms with Gasteiger partial charge in [-0.15, -0.1) is 0 Å². The molecular formula is C24H31ClN6O2. The van der Waals surface area contributed by atoms with E-state index in [9.17, 15) is 4.79 Å². The number of nitrogens with zero attached hydrogens (tertiary/aromatic N) is 3. The first-order valence-electron chi connectivity index (χ1n) is 11.8. The van der Waals surface area contributed by atoms with Gasteiger partial charge in [-0.05, 0) is 42.8 Å². The van der Waals surface area contributed by atoms with Crippen LogP contribution in [0.3, 0.4) is 0 Å². The van der Waals surface area contributed by atoms with Crippen molar-refractivity contribution in [2.45, 2.75) is 63.7 Å². The Hall–Kier alpha value is -2.87. The van der Waals surface area contributed by atoms with Crippen molar-refractivity contribution in [3.8, 4) is 0 Å². The van der Waals surface area contributed by atoms with Crippen LogP contribution in [-0.2, 0) is 11.8 Å². The highest BCUT2D eigenvalue weighted by Gasteiger charge is 2.41. The highest BCUT2D eigenvalue weighted by Crippen LogP contribution is 2.45. The molecule has 1 aliphatic carbocycles. The molecule has 4 rings (SSSR count). The van der Waals surface area contributed by atoms with E-state index < -0.39 is 0 Å². The Kier molecular flexibility index (Phi) is 7.65. The number of carbonyl (C=O) groups is 1. The molecule has 176 valence electrons. The normalized spacial score (nSPS) is 15.0. The molecule has 2 aromatic heterocycles. The van der Waals surface area contributed by atoms with Crippen molar-refractivity contribution in [2.75, 3.05) is 18.4 Å². The third-order valence-corrected chi connectivity index (χ3v) is 6.44. The van der Waals surface area contributed by atoms with E-state index in [-0.39, 0.29) is 16.6 Å². The molecule has 2 heterocycles. The number of imidazole rings is 1. The van der Waals surface area contributed by atoms with Crippen LogP contribution in [-0.4, -0.2) is 39.1 Å². The van der Waals surface area contributed by atoms with E-state index in [2.05, 4.69) is 56.9 Å². The van der Waals surface area contributed by atoms with Crippen molar-refractivity contribution in [3.05, 3.63) is 58.6 Å². The number of aryl methyl sites for hydroxylation is 1. The Balaban J connectivity index is 1.31. The molecule has 1 aromatic carbocycles. The Morgan fingerprint density at radius 3 is 2.70 bits per heavy atom. The molecule has 0 unspecified atom stereocenters. The largest absolute Gasteiger partial charge is 0.368 e. The van der Waals surface area contributed by atoms with Gasteiger partial charge >= 0.3 is 0 Å². The number of anilines is 1. The Labute approximate surface area is 198 Å². The zero-order valence-electron chi connectivity index (χ0n) is 19.0. The van der Waals surface area contributed by atoms with Gasteiger partial charge in [0.2, 0.25) is 11.2 Å². The van der Waals surface area contributed by atoms with Gasteiger partial charge in [0.05, 0.1) is 5.41 Å². The lowest BCUT2D eigenvalue weighted by molar-refractivity contribution is 0.0949. The van der Waals surface area contributed by atoms with Crippen LogP contribution in [0.1, 0.15) is 79.6 Å². The van der Waals surface area contributed by atoms with E-state index in [1.54, 1.807) is 0 Å². The van der Waals surface area contributed by atoms with Crippen molar-refractivity contribution < 1.29 is 9.32 Å². The standard InChI is InChI=1S/C24H31ClN6O2/c1-2-3-15-26-20-19(29-23(25)30-20)21(32)27-16-9-12-18-28-22(31-33-18)24(13-7-8-14-24)17-10-5-4-6-11-17/h4-6,10-11,26H,2-3,7-9,12-16H2,1H3,(H,27,32)(H,29,30). The quantitative estimate of drug-likeness (QED) is 0.344. The maximum Gasteiger partial charge on any atom is 0.271 e. The lowest BCUT2D eigenvalue weighted by Crippen LogP contribution is -2.26. The second-order valence-electron chi connectivity index (χ2n) is 8.56. The smallest absolute Gasteiger partial charge is 0.271 e. The second-order valence-corrected chi connectivity index (χ2v) is 8.92. The van der Waals surface area contributed by atoms with Crippen LogP contribution in [0, 0.1) is 0 Å². The van der Waals surface area contributed by atoms with Gasteiger partial charge in [0.25, 0.3) is 5.91 Å². The third-order valence-electron chi connectivity index (χ3n) is 6.26. The predicted molar refractivity (Wildman–Crippen MR) is 128 cm³/mol. The summed E-state index contributed by atoms with van der Waals surface area (Å²) >= 11 is 5.96. The number of unbranched alkanes of at least 4 members (excludes halogenated alkanes) is 1. The number of nitrogens with one attached hydrogen (secondary N) is 3. The van der Waals surface area contributed by atoms with E-state index in [0.29, 0.717) is 36.8 Å². The van der Waals surface area contributed by atoms with Crippen molar-refractivity contribution in [2.24, 2.45) is 0 Å². The number of aromatic amines is 1. The van der Waals surface area contributed by atoms with Gasteiger partial charge in [0.1, 0.15) is 5.69 Å². The van der Waals surface area contributed by atoms with Crippen LogP contribution in [0.2, 0.25) is 5.28 Å². The van der Waals surface area contributed by atoms with Gasteiger partial charge in [-0.1, -0.05) is 61.7 Å². The molecule has 0 radical (unpaired) electrons. The Morgan fingerprint density at radius 2 is 1.94 bits per heavy atom. The summed E-state index contributed by atoms with van der Waals surface area (Å²) in [6, 6.07) is 10.5. The zero-order valence-corrected chi connectivity index (χ0v) is 19.7. The van der Waals surface area contributed by atoms with E-state index in [0.717, 1.165) is 50.9 Å². The van der Waals surface area contributed by atoms with E-state index in [4.69, 9.17) is 21.1 Å². The lowest BCUT2D eigenvalue weighted by Gasteiger charge is -2.25. The first-order chi connectivity index (χ1) is 16.1. The molecule has 0 bridgehead atoms. The molecule has 3 aromatic rings. The lowest BCUT2D eigenvalue weighted by atomic mass is 9.78. The second kappa shape index (κ2) is 10.8. The molecule has 0 saturated heterocycles. The topological polar surface area (TPSA) is 109 Å². The molecule has 0 aliphatic heterocycles. The van der Waals surface area contributed by atoms with Crippen molar-refractivity contribution >= 4 is 23.3 Å². The summed E-state index contributed by atoms with van der Waals surface area (Å²) < 4.78 is 5.58. The monoisotopic (exact) mass is 470 g/mol. The summed E-state index contributed by atoms with van der Waals surface area (Å²) in [6.45, 7) is 3.32. The van der Waals surface area contributed by atoms with E-state index in [1.165, 1.54) is 5.56 Å². The molecule has 8 nitrogen and oxygen atoms in total. The number of halogens is 1. The molecular weight excluding hydrogens is 440 g/mol. The van der Waals surface area contributed by atoms with Gasteiger partial charge in [-0.3, -0.25) is 4.79 Å². The van der Waals surface area contributed by atoms with Gasteiger partial charge < -0.3 is 20.1 Å². The molecule has 33 heavy (non-hydrogen) atoms. The van der Waals surface area contributed by atoms with E-state index in [1.807, 2.05) is 6.07 Å². The highest BCUT2D eigenvalue weighted by molar-refractivity contribution is 6.28. The van der Waals surface area contributed by atoms with Crippen molar-refractivity contribution in [1.82, 2.24) is 25.4 Å². The minimum absolute atomic E-state index is 0.154. The van der Waals surface area contributed by atoms with Crippen LogP contribution in [0.25, 0.3) is 0 Å². The Bertz CT molecular complexity index is 1040. The fraction of sp³-hybridized carbons (Fsp3) is 0.500. The highest BCUT2D eigenvalue weighted by atomic mass is 35.5. The fourth-order valence-electron chi connectivity index (χ4n) is 4.48. The summed E-state index contributed by atoms with van der Waals surface area (Å²) in [6.07, 6.45) is 7.73. The molecule has 1 amide bonds. The number of H-pyrrole nitrogens is 1. The Morgan fingerprint density at radius 1 is 1.15 bits per heavy atom. The number of rotatable bonds is 11. The molecule has 0 spiro atoms. The summed E-state index contributed by atoms with van der Waals surface area (Å²) in [5.74, 6) is 1.62. The number of hydrogen-bond acceptors (Lipinski definition) is 6. The first kappa shape index (κ1) is 23.3. The summed E-state index contributed by atoms with van der Waals surface area (Å²) in [5.41, 5.74) is 1.45. The zero-order chi connectivity index (χ0) is 23.1. The average molecular weight is 471 g/mol. The maximum atomic E-state index is 12.6. The maximum absolute atomic E-state index is 12.6. The van der Waals surface area contributed by atoms with Crippen LogP contribution in [0.5, 0.6) is 0 Å². The number of benzene rings is 1. The molecule has 9 heteroatoms. The first-order valence-corrected chi connectivity index (χ1v) is 12.2. The number of hydrogen-bond donors (Lipinski definition) is 3. The van der Waals surface area contributed by atoms with Crippen LogP contribution in [0.15, 0.2) is 34.9 Å². The van der Waals surface area contributed by atoms with Crippen LogP contribution in [0.4, 0.5) is 5.82 Å². The molecule has 3 N–H and O–H groups in total. The van der Waals surface area contributed by atoms with Gasteiger partial charge in [-0.2, -0.15) is 4.98 Å². The molecule has 1 saturated carbocycles. The fourth-order valence-corrected chi connectivity index (χ4v) is 4.66. The predicted octanol–water partition coefficient (Wildman–Crippen LogP) is 4.88. The van der Waals surface area contributed by atoms with Crippen LogP contribution < -0.4 is 10.6 Å². The molecule has 0 atom stereocenters. The number of amides is 1. The van der Waals surface area contributed by atoms with Gasteiger partial charge in [0, 0.05) is 19.5 Å². The SMILES string of the molecule is CCCCNc1nc(Cl)[nH]c1C(=O)NCCCc1nc(C2(c3ccccc3)CCCC2)no1. The number of carbonyl (C=O) groups excluding carboxylic acids is 1. The molecule has 1 fully saturated rings. The average Bonchev–Trinajstić information content (AvgIpc) is 3.58. The minimum atomic E-state index is -0.242. The van der Waals surface area contributed by atoms with Gasteiger partial charge in [0.15, 0.2) is 11.6 Å². The van der Waals surface area contributed by atoms with Crippen LogP contribution >= 0.6 is 11.6 Å². The number of aromatic nitrogens is 4. The van der Waals surface area contributed by atoms with E-state index >= 15 is 0 Å². The summed E-state index contributed by atoms with van der Waals surface area (Å²) in [7, 11) is 0. The third kappa shape index (κ3) is 5.38. The summed E-state index contributed by atoms with van der Waals surface area (Å²) in [5, 5.41) is 10.6.